The van der Waals surface area contributed by atoms with E-state index < -0.39 is 11.9 Å². The molecule has 0 spiro atoms. The molecule has 0 radical (unpaired) electrons. The predicted molar refractivity (Wildman–Crippen MR) is 133 cm³/mol. The van der Waals surface area contributed by atoms with Crippen LogP contribution in [-0.2, 0) is 17.8 Å². The Morgan fingerprint density at radius 3 is 2.59 bits per heavy atom. The number of anilines is 2. The highest BCUT2D eigenvalue weighted by molar-refractivity contribution is 7.17. The molecule has 0 bridgehead atoms. The molecule has 9 heteroatoms. The number of urea groups is 1. The van der Waals surface area contributed by atoms with Crippen molar-refractivity contribution in [2.45, 2.75) is 20.0 Å². The van der Waals surface area contributed by atoms with E-state index in [1.54, 1.807) is 4.68 Å². The highest BCUT2D eigenvalue weighted by Gasteiger charge is 2.25. The second-order valence-electron chi connectivity index (χ2n) is 7.98. The molecule has 0 saturated carbocycles. The van der Waals surface area contributed by atoms with Gasteiger partial charge in [-0.3, -0.25) is 15.4 Å². The van der Waals surface area contributed by atoms with Crippen LogP contribution < -0.4 is 16.4 Å². The fourth-order valence-electron chi connectivity index (χ4n) is 3.93. The Hall–Kier alpha value is -3.95. The molecule has 4 N–H and O–H groups in total. The van der Waals surface area contributed by atoms with Crippen LogP contribution in [0.5, 0.6) is 0 Å². The van der Waals surface area contributed by atoms with Gasteiger partial charge >= 0.3 is 6.03 Å². The molecule has 5 rings (SSSR count). The topological polar surface area (TPSA) is 111 Å². The second-order valence-corrected chi connectivity index (χ2v) is 9.09. The number of nitrogens with zero attached hydrogens (tertiary/aromatic N) is 2. The van der Waals surface area contributed by atoms with Gasteiger partial charge in [-0.15, -0.1) is 11.3 Å². The lowest BCUT2D eigenvalue weighted by atomic mass is 10.1. The summed E-state index contributed by atoms with van der Waals surface area (Å²) >= 11 is 1.31. The van der Waals surface area contributed by atoms with Crippen molar-refractivity contribution in [3.05, 3.63) is 82.2 Å². The lowest BCUT2D eigenvalue weighted by Crippen LogP contribution is -2.23. The number of carbonyl (C=O) groups is 2. The number of nitrogens with one attached hydrogen (secondary N) is 2. The van der Waals surface area contributed by atoms with E-state index in [-0.39, 0.29) is 0 Å². The number of nitrogens with two attached hydrogens (primary N) is 1. The van der Waals surface area contributed by atoms with Crippen molar-refractivity contribution >= 4 is 34.1 Å². The Balaban J connectivity index is 1.46. The molecule has 2 aromatic carbocycles. The van der Waals surface area contributed by atoms with Gasteiger partial charge in [-0.1, -0.05) is 48.0 Å². The van der Waals surface area contributed by atoms with Gasteiger partial charge in [-0.25, -0.2) is 9.48 Å². The number of carbonyl (C=O) groups excluding carboxylic acids is 2. The minimum Gasteiger partial charge on any atom is -0.376 e. The highest BCUT2D eigenvalue weighted by Crippen LogP contribution is 2.36. The number of aryl methyl sites for hydroxylation is 1. The van der Waals surface area contributed by atoms with Gasteiger partial charge < -0.3 is 10.5 Å². The van der Waals surface area contributed by atoms with Crippen molar-refractivity contribution in [3.63, 3.8) is 0 Å². The zero-order valence-electron chi connectivity index (χ0n) is 18.5. The average molecular weight is 474 g/mol. The summed E-state index contributed by atoms with van der Waals surface area (Å²) in [6.07, 6.45) is 0.591. The maximum atomic E-state index is 13.0. The van der Waals surface area contributed by atoms with Crippen molar-refractivity contribution in [1.82, 2.24) is 9.78 Å². The highest BCUT2D eigenvalue weighted by atomic mass is 32.1. The number of amides is 3. The van der Waals surface area contributed by atoms with Gasteiger partial charge in [0.05, 0.1) is 30.2 Å². The van der Waals surface area contributed by atoms with Gasteiger partial charge in [0.25, 0.3) is 5.91 Å². The molecule has 0 atom stereocenters. The minimum atomic E-state index is -0.564. The van der Waals surface area contributed by atoms with Gasteiger partial charge in [-0.05, 0) is 31.0 Å². The van der Waals surface area contributed by atoms with Crippen molar-refractivity contribution < 1.29 is 14.3 Å². The third-order valence-electron chi connectivity index (χ3n) is 5.59. The standard InChI is InChI=1S/C25H23N5O3S/c1-15-7-9-17(10-8-15)30-21(13-19(29-30)16-5-3-2-4-6-16)27-25(32)28-24-22(23(26)31)18-11-12-33-14-20(18)34-24/h2-10,13H,11-12,14H2,1H3,(H2,26,31)(H2,27,28,32). The molecular weight excluding hydrogens is 450 g/mol. The molecule has 0 aliphatic carbocycles. The first-order chi connectivity index (χ1) is 16.5. The largest absolute Gasteiger partial charge is 0.376 e. The second kappa shape index (κ2) is 9.12. The molecule has 34 heavy (non-hydrogen) atoms. The Morgan fingerprint density at radius 1 is 1.09 bits per heavy atom. The molecule has 172 valence electrons. The van der Waals surface area contributed by atoms with Crippen molar-refractivity contribution in [3.8, 4) is 16.9 Å². The van der Waals surface area contributed by atoms with Gasteiger partial charge in [0.2, 0.25) is 0 Å². The number of primary amides is 1. The van der Waals surface area contributed by atoms with Crippen LogP contribution in [0.25, 0.3) is 16.9 Å². The summed E-state index contributed by atoms with van der Waals surface area (Å²) in [5, 5.41) is 10.8. The number of rotatable bonds is 5. The van der Waals surface area contributed by atoms with Crippen molar-refractivity contribution in [2.24, 2.45) is 5.73 Å². The number of thiophene rings is 1. The van der Waals surface area contributed by atoms with Gasteiger partial charge in [0.1, 0.15) is 10.8 Å². The third-order valence-corrected chi connectivity index (χ3v) is 6.71. The van der Waals surface area contributed by atoms with Crippen LogP contribution in [0.15, 0.2) is 60.7 Å². The first kappa shape index (κ1) is 21.9. The smallest absolute Gasteiger partial charge is 0.325 e. The van der Waals surface area contributed by atoms with E-state index in [1.165, 1.54) is 11.3 Å². The lowest BCUT2D eigenvalue weighted by Gasteiger charge is -2.12. The summed E-state index contributed by atoms with van der Waals surface area (Å²) in [5.74, 6) is -0.0729. The first-order valence-corrected chi connectivity index (χ1v) is 11.6. The van der Waals surface area contributed by atoms with E-state index in [9.17, 15) is 9.59 Å². The van der Waals surface area contributed by atoms with E-state index in [1.807, 2.05) is 67.6 Å². The molecule has 3 heterocycles. The normalized spacial score (nSPS) is 12.7. The number of ether oxygens (including phenoxy) is 1. The summed E-state index contributed by atoms with van der Waals surface area (Å²) in [6.45, 7) is 2.94. The van der Waals surface area contributed by atoms with E-state index in [0.717, 1.165) is 32.9 Å². The van der Waals surface area contributed by atoms with Crippen LogP contribution in [0.4, 0.5) is 15.6 Å². The number of aromatic nitrogens is 2. The van der Waals surface area contributed by atoms with E-state index in [2.05, 4.69) is 10.6 Å². The lowest BCUT2D eigenvalue weighted by molar-refractivity contribution is 0.0991. The molecule has 3 amide bonds. The molecule has 0 unspecified atom stereocenters. The number of hydrogen-bond donors (Lipinski definition) is 3. The monoisotopic (exact) mass is 473 g/mol. The molecule has 1 aliphatic heterocycles. The maximum absolute atomic E-state index is 13.0. The van der Waals surface area contributed by atoms with Gasteiger partial charge in [0, 0.05) is 16.5 Å². The zero-order valence-corrected chi connectivity index (χ0v) is 19.3. The number of hydrogen-bond acceptors (Lipinski definition) is 5. The number of benzene rings is 2. The van der Waals surface area contributed by atoms with E-state index in [4.69, 9.17) is 15.6 Å². The SMILES string of the molecule is Cc1ccc(-n2nc(-c3ccccc3)cc2NC(=O)Nc2sc3c(c2C(N)=O)CCOC3)cc1. The summed E-state index contributed by atoms with van der Waals surface area (Å²) < 4.78 is 7.17. The van der Waals surface area contributed by atoms with E-state index >= 15 is 0 Å². The first-order valence-electron chi connectivity index (χ1n) is 10.8. The van der Waals surface area contributed by atoms with Crippen LogP contribution in [0.3, 0.4) is 0 Å². The van der Waals surface area contributed by atoms with Crippen LogP contribution >= 0.6 is 11.3 Å². The minimum absolute atomic E-state index is 0.357. The third kappa shape index (κ3) is 4.30. The van der Waals surface area contributed by atoms with Crippen LogP contribution in [0, 0.1) is 6.92 Å². The summed E-state index contributed by atoms with van der Waals surface area (Å²) in [4.78, 5) is 26.0. The predicted octanol–water partition coefficient (Wildman–Crippen LogP) is 4.72. The Bertz CT molecular complexity index is 1360. The average Bonchev–Trinajstić information content (AvgIpc) is 3.41. The molecule has 2 aromatic heterocycles. The van der Waals surface area contributed by atoms with Gasteiger partial charge in [0.15, 0.2) is 0 Å². The molecule has 4 aromatic rings. The van der Waals surface area contributed by atoms with Crippen molar-refractivity contribution in [2.75, 3.05) is 17.2 Å². The Kier molecular flexibility index (Phi) is 5.87. The van der Waals surface area contributed by atoms with Crippen LogP contribution in [0.1, 0.15) is 26.4 Å². The van der Waals surface area contributed by atoms with Crippen molar-refractivity contribution in [1.29, 1.82) is 0 Å². The molecule has 1 aliphatic rings. The van der Waals surface area contributed by atoms with Crippen LogP contribution in [-0.4, -0.2) is 28.3 Å². The fraction of sp³-hybridized carbons (Fsp3) is 0.160. The molecule has 0 saturated heterocycles. The van der Waals surface area contributed by atoms with E-state index in [0.29, 0.717) is 36.0 Å². The molecular formula is C25H23N5O3S. The number of fused-ring (bicyclic) bond motifs is 1. The Morgan fingerprint density at radius 2 is 1.85 bits per heavy atom. The fourth-order valence-corrected chi connectivity index (χ4v) is 5.12. The summed E-state index contributed by atoms with van der Waals surface area (Å²) in [5.41, 5.74) is 10.4. The zero-order chi connectivity index (χ0) is 23.7. The summed E-state index contributed by atoms with van der Waals surface area (Å²) in [7, 11) is 0. The molecule has 8 nitrogen and oxygen atoms in total. The summed E-state index contributed by atoms with van der Waals surface area (Å²) in [6, 6.07) is 18.9. The maximum Gasteiger partial charge on any atom is 0.325 e. The quantitative estimate of drug-likeness (QED) is 0.389. The Labute approximate surface area is 200 Å². The molecule has 0 fully saturated rings. The van der Waals surface area contributed by atoms with Crippen LogP contribution in [0.2, 0.25) is 0 Å². The van der Waals surface area contributed by atoms with Gasteiger partial charge in [-0.2, -0.15) is 5.10 Å².